The molecule has 0 saturated carbocycles. The van der Waals surface area contributed by atoms with Crippen molar-refractivity contribution in [2.24, 2.45) is 0 Å². The van der Waals surface area contributed by atoms with Crippen molar-refractivity contribution in [1.82, 2.24) is 0 Å². The van der Waals surface area contributed by atoms with Crippen LogP contribution in [0.25, 0.3) is 0 Å². The maximum Gasteiger partial charge on any atom is 0.432 e. The van der Waals surface area contributed by atoms with Gasteiger partial charge >= 0.3 is 12.1 Å². The van der Waals surface area contributed by atoms with Gasteiger partial charge in [0.1, 0.15) is 0 Å². The molecule has 5 heteroatoms. The minimum absolute atomic E-state index is 0.322. The molecule has 0 aromatic heterocycles. The second-order valence-electron chi connectivity index (χ2n) is 2.80. The van der Waals surface area contributed by atoms with E-state index >= 15 is 0 Å². The fourth-order valence-electron chi connectivity index (χ4n) is 0.791. The van der Waals surface area contributed by atoms with Gasteiger partial charge in [-0.15, -0.1) is 0 Å². The van der Waals surface area contributed by atoms with E-state index in [9.17, 15) is 18.0 Å². The topological polar surface area (TPSA) is 26.3 Å². The van der Waals surface area contributed by atoms with Gasteiger partial charge < -0.3 is 4.74 Å². The Morgan fingerprint density at radius 2 is 2.21 bits per heavy atom. The highest BCUT2D eigenvalue weighted by Gasteiger charge is 2.43. The first kappa shape index (κ1) is 13.0. The van der Waals surface area contributed by atoms with Crippen molar-refractivity contribution in [3.8, 4) is 0 Å². The normalized spacial score (nSPS) is 13.4. The first-order valence-corrected chi connectivity index (χ1v) is 4.31. The summed E-state index contributed by atoms with van der Waals surface area (Å²) < 4.78 is 41.8. The van der Waals surface area contributed by atoms with Crippen molar-refractivity contribution in [2.75, 3.05) is 0 Å². The second kappa shape index (κ2) is 5.67. The number of rotatable bonds is 6. The van der Waals surface area contributed by atoms with Crippen molar-refractivity contribution in [2.45, 2.75) is 38.5 Å². The van der Waals surface area contributed by atoms with E-state index in [1.54, 1.807) is 6.92 Å². The molecule has 0 aromatic rings. The van der Waals surface area contributed by atoms with Gasteiger partial charge in [-0.2, -0.15) is 8.78 Å². The molecule has 1 atom stereocenters. The van der Waals surface area contributed by atoms with E-state index in [-0.39, 0.29) is 6.42 Å². The molecular weight excluding hydrogens is 197 g/mol. The zero-order valence-corrected chi connectivity index (χ0v) is 7.93. The van der Waals surface area contributed by atoms with Gasteiger partial charge in [0.25, 0.3) is 0 Å². The molecule has 1 unspecified atom stereocenters. The monoisotopic (exact) mass is 210 g/mol. The average Bonchev–Trinajstić information content (AvgIpc) is 2.13. The molecule has 0 aliphatic carbocycles. The quantitative estimate of drug-likeness (QED) is 0.497. The summed E-state index contributed by atoms with van der Waals surface area (Å²) in [5.74, 6) is -1.32. The van der Waals surface area contributed by atoms with Crippen LogP contribution in [0.4, 0.5) is 13.2 Å². The van der Waals surface area contributed by atoms with Gasteiger partial charge in [-0.25, -0.2) is 9.18 Å². The van der Waals surface area contributed by atoms with Crippen molar-refractivity contribution in [3.05, 3.63) is 12.7 Å². The molecule has 0 bridgehead atoms. The Balaban J connectivity index is 4.14. The average molecular weight is 210 g/mol. The van der Waals surface area contributed by atoms with E-state index in [0.29, 0.717) is 18.9 Å². The van der Waals surface area contributed by atoms with E-state index in [2.05, 4.69) is 11.3 Å². The predicted octanol–water partition coefficient (Wildman–Crippen LogP) is 2.84. The third kappa shape index (κ3) is 4.30. The van der Waals surface area contributed by atoms with Crippen molar-refractivity contribution in [1.29, 1.82) is 0 Å². The van der Waals surface area contributed by atoms with Crippen molar-refractivity contribution in [3.63, 3.8) is 0 Å². The summed E-state index contributed by atoms with van der Waals surface area (Å²) in [6.45, 7) is 4.69. The summed E-state index contributed by atoms with van der Waals surface area (Å²) in [7, 11) is 0. The number of ether oxygens (including phenoxy) is 1. The fraction of sp³-hybridized carbons (Fsp3) is 0.667. The number of hydrogen-bond donors (Lipinski definition) is 0. The van der Waals surface area contributed by atoms with Crippen molar-refractivity contribution < 1.29 is 22.7 Å². The Hall–Kier alpha value is -1.00. The molecule has 0 aliphatic rings. The highest BCUT2D eigenvalue weighted by molar-refractivity contribution is 5.81. The summed E-state index contributed by atoms with van der Waals surface area (Å²) in [5.41, 5.74) is 0. The van der Waals surface area contributed by atoms with Crippen LogP contribution in [0.2, 0.25) is 0 Å². The van der Waals surface area contributed by atoms with Gasteiger partial charge in [-0.3, -0.25) is 0 Å². The van der Waals surface area contributed by atoms with Gasteiger partial charge in [-0.1, -0.05) is 26.3 Å². The van der Waals surface area contributed by atoms with Gasteiger partial charge in [0.2, 0.25) is 6.17 Å². The highest BCUT2D eigenvalue weighted by Crippen LogP contribution is 2.27. The Kier molecular flexibility index (Phi) is 5.27. The van der Waals surface area contributed by atoms with Gasteiger partial charge in [0, 0.05) is 6.08 Å². The highest BCUT2D eigenvalue weighted by atomic mass is 19.3. The maximum atomic E-state index is 12.8. The molecule has 0 rings (SSSR count). The minimum atomic E-state index is -4.06. The molecule has 0 aliphatic heterocycles. The zero-order chi connectivity index (χ0) is 11.2. The summed E-state index contributed by atoms with van der Waals surface area (Å²) in [5, 5.41) is 0. The summed E-state index contributed by atoms with van der Waals surface area (Å²) in [6.07, 6.45) is -5.34. The van der Waals surface area contributed by atoms with Crippen molar-refractivity contribution >= 4 is 5.97 Å². The van der Waals surface area contributed by atoms with E-state index in [0.717, 1.165) is 0 Å². The molecule has 0 fully saturated rings. The Labute approximate surface area is 80.7 Å². The predicted molar refractivity (Wildman–Crippen MR) is 45.7 cm³/mol. The number of carbonyl (C=O) groups is 1. The molecule has 2 nitrogen and oxygen atoms in total. The standard InChI is InChI=1S/C9H13F3O2/c1-3-5-6-7(10)9(11,12)14-8(13)4-2/h4,7H,2-3,5-6H2,1H3. The number of carbonyl (C=O) groups excluding carboxylic acids is 1. The molecule has 0 saturated heterocycles. The number of unbranched alkanes of at least 4 members (excludes halogenated alkanes) is 1. The summed E-state index contributed by atoms with van der Waals surface area (Å²) >= 11 is 0. The molecule has 14 heavy (non-hydrogen) atoms. The fourth-order valence-corrected chi connectivity index (χ4v) is 0.791. The number of esters is 1. The van der Waals surface area contributed by atoms with Crippen LogP contribution < -0.4 is 0 Å². The van der Waals surface area contributed by atoms with E-state index in [1.807, 2.05) is 0 Å². The molecular formula is C9H13F3O2. The van der Waals surface area contributed by atoms with Gasteiger partial charge in [0.05, 0.1) is 0 Å². The zero-order valence-electron chi connectivity index (χ0n) is 7.93. The second-order valence-corrected chi connectivity index (χ2v) is 2.80. The number of hydrogen-bond acceptors (Lipinski definition) is 2. The Morgan fingerprint density at radius 3 is 2.64 bits per heavy atom. The molecule has 0 heterocycles. The molecule has 0 spiro atoms. The Morgan fingerprint density at radius 1 is 1.64 bits per heavy atom. The van der Waals surface area contributed by atoms with E-state index in [4.69, 9.17) is 0 Å². The van der Waals surface area contributed by atoms with Crippen LogP contribution in [0.5, 0.6) is 0 Å². The van der Waals surface area contributed by atoms with Crippen LogP contribution >= 0.6 is 0 Å². The minimum Gasteiger partial charge on any atom is -0.395 e. The van der Waals surface area contributed by atoms with Crippen LogP contribution in [0.1, 0.15) is 26.2 Å². The molecule has 0 radical (unpaired) electrons. The van der Waals surface area contributed by atoms with E-state index in [1.165, 1.54) is 0 Å². The van der Waals surface area contributed by atoms with E-state index < -0.39 is 18.2 Å². The number of halogens is 3. The molecule has 0 amide bonds. The number of alkyl halides is 3. The lowest BCUT2D eigenvalue weighted by Gasteiger charge is -2.19. The summed E-state index contributed by atoms with van der Waals surface area (Å²) in [4.78, 5) is 10.4. The molecule has 82 valence electrons. The lowest BCUT2D eigenvalue weighted by molar-refractivity contribution is -0.258. The van der Waals surface area contributed by atoms with Crippen LogP contribution in [-0.2, 0) is 9.53 Å². The lowest BCUT2D eigenvalue weighted by atomic mass is 10.2. The third-order valence-electron chi connectivity index (χ3n) is 1.58. The van der Waals surface area contributed by atoms with Gasteiger partial charge in [0.15, 0.2) is 0 Å². The maximum absolute atomic E-state index is 12.8. The molecule has 0 aromatic carbocycles. The van der Waals surface area contributed by atoms with Gasteiger partial charge in [-0.05, 0) is 6.42 Å². The Bertz CT molecular complexity index is 204. The lowest BCUT2D eigenvalue weighted by Crippen LogP contribution is -2.35. The third-order valence-corrected chi connectivity index (χ3v) is 1.58. The largest absolute Gasteiger partial charge is 0.432 e. The SMILES string of the molecule is C=CC(=O)OC(F)(F)C(F)CCCC. The first-order chi connectivity index (χ1) is 6.44. The van der Waals surface area contributed by atoms with Crippen LogP contribution in [0.15, 0.2) is 12.7 Å². The summed E-state index contributed by atoms with van der Waals surface area (Å²) in [6, 6.07) is 0. The smallest absolute Gasteiger partial charge is 0.395 e. The molecule has 0 N–H and O–H groups in total. The van der Waals surface area contributed by atoms with Crippen LogP contribution in [0, 0.1) is 0 Å². The van der Waals surface area contributed by atoms with Crippen LogP contribution in [-0.4, -0.2) is 18.2 Å². The first-order valence-electron chi connectivity index (χ1n) is 4.31. The van der Waals surface area contributed by atoms with Crippen LogP contribution in [0.3, 0.4) is 0 Å².